The Hall–Kier alpha value is -2.29. The standard InChI is InChI=1S/C12H18N2O2.C2HF3O2/c1-10(13)7-8-14-12(15)16-9-11-5-3-2-4-6-11;3-2(4,5)1(6)7/h2-6,10H,7-9,13H2,1H3,(H,14,15);(H,6,7)/t10-;/m0./s1. The first-order chi connectivity index (χ1) is 10.6. The summed E-state index contributed by atoms with van der Waals surface area (Å²) in [6.45, 7) is 2.74. The Labute approximate surface area is 131 Å². The van der Waals surface area contributed by atoms with Gasteiger partial charge in [0.1, 0.15) is 6.61 Å². The third kappa shape index (κ3) is 12.0. The minimum atomic E-state index is -5.08. The first-order valence-electron chi connectivity index (χ1n) is 6.63. The summed E-state index contributed by atoms with van der Waals surface area (Å²) in [6.07, 6.45) is -4.73. The van der Waals surface area contributed by atoms with Crippen LogP contribution < -0.4 is 11.1 Å². The normalized spacial score (nSPS) is 11.7. The lowest BCUT2D eigenvalue weighted by atomic mass is 10.2. The topological polar surface area (TPSA) is 102 Å². The van der Waals surface area contributed by atoms with Crippen LogP contribution in [-0.2, 0) is 16.1 Å². The summed E-state index contributed by atoms with van der Waals surface area (Å²) in [5.74, 6) is -2.76. The van der Waals surface area contributed by atoms with Gasteiger partial charge in [-0.3, -0.25) is 0 Å². The maximum Gasteiger partial charge on any atom is 0.490 e. The lowest BCUT2D eigenvalue weighted by Crippen LogP contribution is -2.29. The fraction of sp³-hybridized carbons (Fsp3) is 0.429. The highest BCUT2D eigenvalue weighted by molar-refractivity contribution is 5.73. The number of amides is 1. The van der Waals surface area contributed by atoms with Crippen LogP contribution in [0.15, 0.2) is 30.3 Å². The minimum absolute atomic E-state index is 0.0921. The van der Waals surface area contributed by atoms with E-state index in [4.69, 9.17) is 20.4 Å². The quantitative estimate of drug-likeness (QED) is 0.766. The van der Waals surface area contributed by atoms with E-state index in [-0.39, 0.29) is 6.04 Å². The molecule has 0 aliphatic heterocycles. The molecule has 1 rings (SSSR count). The third-order valence-electron chi connectivity index (χ3n) is 2.32. The molecule has 0 heterocycles. The number of hydrogen-bond acceptors (Lipinski definition) is 4. The van der Waals surface area contributed by atoms with Gasteiger partial charge in [-0.1, -0.05) is 30.3 Å². The van der Waals surface area contributed by atoms with Crippen molar-refractivity contribution in [3.8, 4) is 0 Å². The van der Waals surface area contributed by atoms with Crippen LogP contribution in [0.25, 0.3) is 0 Å². The van der Waals surface area contributed by atoms with Gasteiger partial charge in [0.25, 0.3) is 0 Å². The molecule has 23 heavy (non-hydrogen) atoms. The van der Waals surface area contributed by atoms with Crippen molar-refractivity contribution in [1.82, 2.24) is 5.32 Å². The van der Waals surface area contributed by atoms with Gasteiger partial charge in [-0.05, 0) is 18.9 Å². The molecule has 6 nitrogen and oxygen atoms in total. The highest BCUT2D eigenvalue weighted by Gasteiger charge is 2.38. The monoisotopic (exact) mass is 336 g/mol. The van der Waals surface area contributed by atoms with E-state index >= 15 is 0 Å². The fourth-order valence-electron chi connectivity index (χ4n) is 1.18. The zero-order valence-electron chi connectivity index (χ0n) is 12.5. The van der Waals surface area contributed by atoms with Crippen LogP contribution in [0.5, 0.6) is 0 Å². The molecule has 0 bridgehead atoms. The molecule has 0 saturated carbocycles. The van der Waals surface area contributed by atoms with E-state index in [1.54, 1.807) is 0 Å². The summed E-state index contributed by atoms with van der Waals surface area (Å²) in [7, 11) is 0. The highest BCUT2D eigenvalue weighted by atomic mass is 19.4. The Morgan fingerprint density at radius 2 is 1.83 bits per heavy atom. The number of carbonyl (C=O) groups excluding carboxylic acids is 1. The number of halogens is 3. The summed E-state index contributed by atoms with van der Waals surface area (Å²) in [4.78, 5) is 20.1. The molecule has 0 aromatic heterocycles. The molecule has 0 fully saturated rings. The zero-order chi connectivity index (χ0) is 17.9. The van der Waals surface area contributed by atoms with Gasteiger partial charge in [-0.15, -0.1) is 0 Å². The maximum absolute atomic E-state index is 11.2. The number of nitrogens with two attached hydrogens (primary N) is 1. The van der Waals surface area contributed by atoms with Crippen LogP contribution in [0, 0.1) is 0 Å². The van der Waals surface area contributed by atoms with Crippen LogP contribution in [0.3, 0.4) is 0 Å². The molecule has 0 aliphatic carbocycles. The van der Waals surface area contributed by atoms with Crippen molar-refractivity contribution in [2.45, 2.75) is 32.2 Å². The summed E-state index contributed by atoms with van der Waals surface area (Å²) in [5.41, 5.74) is 6.53. The van der Waals surface area contributed by atoms with E-state index in [0.29, 0.717) is 13.2 Å². The number of nitrogens with one attached hydrogen (secondary N) is 1. The molecule has 0 saturated heterocycles. The molecule has 130 valence electrons. The Kier molecular flexibility index (Phi) is 9.40. The lowest BCUT2D eigenvalue weighted by Gasteiger charge is -2.08. The highest BCUT2D eigenvalue weighted by Crippen LogP contribution is 2.13. The van der Waals surface area contributed by atoms with Gasteiger partial charge >= 0.3 is 18.2 Å². The second-order valence-corrected chi connectivity index (χ2v) is 4.56. The minimum Gasteiger partial charge on any atom is -0.475 e. The molecule has 4 N–H and O–H groups in total. The SMILES string of the molecule is C[C@H](N)CCNC(=O)OCc1ccccc1.O=C(O)C(F)(F)F. The van der Waals surface area contributed by atoms with Gasteiger partial charge in [-0.25, -0.2) is 9.59 Å². The van der Waals surface area contributed by atoms with Crippen LogP contribution in [0.1, 0.15) is 18.9 Å². The molecule has 1 aromatic carbocycles. The molecule has 0 radical (unpaired) electrons. The Bertz CT molecular complexity index is 479. The number of rotatable bonds is 5. The molecular formula is C14H19F3N2O4. The fourth-order valence-corrected chi connectivity index (χ4v) is 1.18. The van der Waals surface area contributed by atoms with Crippen LogP contribution >= 0.6 is 0 Å². The zero-order valence-corrected chi connectivity index (χ0v) is 12.5. The molecule has 0 aliphatic rings. The summed E-state index contributed by atoms with van der Waals surface area (Å²) < 4.78 is 36.8. The Morgan fingerprint density at radius 1 is 1.30 bits per heavy atom. The van der Waals surface area contributed by atoms with E-state index in [9.17, 15) is 18.0 Å². The molecule has 1 amide bonds. The molecule has 1 aromatic rings. The number of alkyl halides is 3. The number of ether oxygens (including phenoxy) is 1. The van der Waals surface area contributed by atoms with E-state index in [1.807, 2.05) is 37.3 Å². The van der Waals surface area contributed by atoms with Crippen LogP contribution in [-0.4, -0.2) is 35.9 Å². The number of carboxylic acid groups (broad SMARTS) is 1. The van der Waals surface area contributed by atoms with Gasteiger partial charge in [-0.2, -0.15) is 13.2 Å². The van der Waals surface area contributed by atoms with Crippen molar-refractivity contribution in [2.75, 3.05) is 6.54 Å². The maximum atomic E-state index is 11.2. The van der Waals surface area contributed by atoms with Crippen molar-refractivity contribution in [3.05, 3.63) is 35.9 Å². The van der Waals surface area contributed by atoms with Crippen LogP contribution in [0.2, 0.25) is 0 Å². The van der Waals surface area contributed by atoms with E-state index < -0.39 is 18.2 Å². The largest absolute Gasteiger partial charge is 0.490 e. The van der Waals surface area contributed by atoms with Gasteiger partial charge in [0, 0.05) is 12.6 Å². The van der Waals surface area contributed by atoms with Crippen molar-refractivity contribution >= 4 is 12.1 Å². The van der Waals surface area contributed by atoms with Crippen molar-refractivity contribution in [3.63, 3.8) is 0 Å². The number of carbonyl (C=O) groups is 2. The van der Waals surface area contributed by atoms with Crippen LogP contribution in [0.4, 0.5) is 18.0 Å². The van der Waals surface area contributed by atoms with Crippen molar-refractivity contribution in [1.29, 1.82) is 0 Å². The predicted molar refractivity (Wildman–Crippen MR) is 76.6 cm³/mol. The Balaban J connectivity index is 0.000000585. The number of hydrogen-bond donors (Lipinski definition) is 3. The van der Waals surface area contributed by atoms with Gasteiger partial charge in [0.05, 0.1) is 0 Å². The third-order valence-corrected chi connectivity index (χ3v) is 2.32. The first kappa shape index (κ1) is 20.7. The van der Waals surface area contributed by atoms with E-state index in [0.717, 1.165) is 12.0 Å². The lowest BCUT2D eigenvalue weighted by molar-refractivity contribution is -0.192. The summed E-state index contributed by atoms with van der Waals surface area (Å²) >= 11 is 0. The first-order valence-corrected chi connectivity index (χ1v) is 6.63. The molecule has 0 spiro atoms. The average Bonchev–Trinajstić information content (AvgIpc) is 2.45. The van der Waals surface area contributed by atoms with Gasteiger partial charge < -0.3 is 20.9 Å². The molecular weight excluding hydrogens is 317 g/mol. The molecule has 0 unspecified atom stereocenters. The number of alkyl carbamates (subject to hydrolysis) is 1. The van der Waals surface area contributed by atoms with E-state index in [2.05, 4.69) is 5.32 Å². The van der Waals surface area contributed by atoms with Crippen molar-refractivity contribution < 1.29 is 32.6 Å². The molecule has 1 atom stereocenters. The summed E-state index contributed by atoms with van der Waals surface area (Å²) in [6, 6.07) is 9.66. The number of carboxylic acids is 1. The summed E-state index contributed by atoms with van der Waals surface area (Å²) in [5, 5.41) is 9.77. The average molecular weight is 336 g/mol. The second kappa shape index (κ2) is 10.4. The smallest absolute Gasteiger partial charge is 0.475 e. The van der Waals surface area contributed by atoms with Gasteiger partial charge in [0.2, 0.25) is 0 Å². The Morgan fingerprint density at radius 3 is 2.26 bits per heavy atom. The van der Waals surface area contributed by atoms with E-state index in [1.165, 1.54) is 0 Å². The predicted octanol–water partition coefficient (Wildman–Crippen LogP) is 2.28. The number of aliphatic carboxylic acids is 1. The van der Waals surface area contributed by atoms with Crippen molar-refractivity contribution in [2.24, 2.45) is 5.73 Å². The second-order valence-electron chi connectivity index (χ2n) is 4.56. The number of benzene rings is 1. The molecule has 9 heteroatoms. The van der Waals surface area contributed by atoms with Gasteiger partial charge in [0.15, 0.2) is 0 Å².